The fourth-order valence-electron chi connectivity index (χ4n) is 2.99. The van der Waals surface area contributed by atoms with E-state index in [-0.39, 0.29) is 16.2 Å². The first-order valence-corrected chi connectivity index (χ1v) is 11.4. The predicted octanol–water partition coefficient (Wildman–Crippen LogP) is 5.10. The number of primary sulfonamides is 1. The van der Waals surface area contributed by atoms with Gasteiger partial charge in [-0.1, -0.05) is 30.3 Å². The fourth-order valence-corrected chi connectivity index (χ4v) is 3.91. The summed E-state index contributed by atoms with van der Waals surface area (Å²) in [5.41, 5.74) is -0.237. The molecule has 1 aromatic heterocycles. The molecule has 2 aromatic carbocycles. The van der Waals surface area contributed by atoms with Crippen LogP contribution in [0.5, 0.6) is 0 Å². The molecule has 0 radical (unpaired) electrons. The predicted molar refractivity (Wildman–Crippen MR) is 112 cm³/mol. The summed E-state index contributed by atoms with van der Waals surface area (Å²) < 4.78 is 65.9. The minimum atomic E-state index is -4.67. The third-order valence-corrected chi connectivity index (χ3v) is 5.98. The Bertz CT molecular complexity index is 1180. The van der Waals surface area contributed by atoms with Crippen LogP contribution in [-0.4, -0.2) is 24.5 Å². The molecular formula is C20H18F3N3O2S2. The van der Waals surface area contributed by atoms with Gasteiger partial charge in [-0.2, -0.15) is 18.3 Å². The molecule has 0 spiro atoms. The van der Waals surface area contributed by atoms with Crippen molar-refractivity contribution in [3.63, 3.8) is 0 Å². The second-order valence-corrected chi connectivity index (χ2v) is 8.74. The molecule has 158 valence electrons. The van der Waals surface area contributed by atoms with Gasteiger partial charge in [-0.25, -0.2) is 18.2 Å². The van der Waals surface area contributed by atoms with Crippen molar-refractivity contribution < 1.29 is 21.6 Å². The minimum absolute atomic E-state index is 0.0818. The molecule has 0 saturated heterocycles. The number of hydrogen-bond acceptors (Lipinski definition) is 4. The lowest BCUT2D eigenvalue weighted by molar-refractivity contribution is -0.142. The number of benzene rings is 2. The number of thioether (sulfide) groups is 1. The Balaban J connectivity index is 2.31. The molecule has 0 aliphatic heterocycles. The normalized spacial score (nSPS) is 12.6. The minimum Gasteiger partial charge on any atom is -0.235 e. The molecular weight excluding hydrogens is 435 g/mol. The molecule has 0 atom stereocenters. The van der Waals surface area contributed by atoms with Crippen molar-refractivity contribution in [2.45, 2.75) is 22.9 Å². The van der Waals surface area contributed by atoms with Crippen LogP contribution in [0.2, 0.25) is 0 Å². The van der Waals surface area contributed by atoms with E-state index in [9.17, 15) is 21.6 Å². The summed E-state index contributed by atoms with van der Waals surface area (Å²) in [6.07, 6.45) is -0.112. The third-order valence-electron chi connectivity index (χ3n) is 4.30. The van der Waals surface area contributed by atoms with Crippen LogP contribution in [0.4, 0.5) is 13.2 Å². The van der Waals surface area contributed by atoms with Gasteiger partial charge in [0.2, 0.25) is 10.0 Å². The highest BCUT2D eigenvalue weighted by Gasteiger charge is 2.40. The maximum absolute atomic E-state index is 14.0. The highest BCUT2D eigenvalue weighted by atomic mass is 32.2. The molecule has 0 aliphatic carbocycles. The number of hydrogen-bond donors (Lipinski definition) is 1. The molecule has 0 bridgehead atoms. The van der Waals surface area contributed by atoms with Crippen LogP contribution >= 0.6 is 11.8 Å². The fraction of sp³-hybridized carbons (Fsp3) is 0.150. The van der Waals surface area contributed by atoms with Gasteiger partial charge >= 0.3 is 6.18 Å². The quantitative estimate of drug-likeness (QED) is 0.546. The van der Waals surface area contributed by atoms with E-state index in [1.54, 1.807) is 31.2 Å². The molecule has 2 N–H and O–H groups in total. The first-order chi connectivity index (χ1) is 14.1. The summed E-state index contributed by atoms with van der Waals surface area (Å²) in [6, 6.07) is 12.0. The molecule has 5 nitrogen and oxygen atoms in total. The number of nitrogens with zero attached hydrogens (tertiary/aromatic N) is 2. The summed E-state index contributed by atoms with van der Waals surface area (Å²) in [7, 11) is -3.93. The summed E-state index contributed by atoms with van der Waals surface area (Å²) >= 11 is 1.48. The third kappa shape index (κ3) is 4.45. The first-order valence-electron chi connectivity index (χ1n) is 8.66. The van der Waals surface area contributed by atoms with Crippen molar-refractivity contribution in [1.82, 2.24) is 9.78 Å². The van der Waals surface area contributed by atoms with Crippen LogP contribution in [0.1, 0.15) is 12.6 Å². The number of alkyl halides is 3. The van der Waals surface area contributed by atoms with Crippen molar-refractivity contribution in [2.24, 2.45) is 5.14 Å². The topological polar surface area (TPSA) is 78.0 Å². The van der Waals surface area contributed by atoms with Gasteiger partial charge in [-0.05, 0) is 43.0 Å². The molecule has 3 aromatic rings. The average molecular weight is 454 g/mol. The number of halogens is 3. The summed E-state index contributed by atoms with van der Waals surface area (Å²) in [6.45, 7) is 1.59. The van der Waals surface area contributed by atoms with E-state index in [1.165, 1.54) is 48.3 Å². The van der Waals surface area contributed by atoms with E-state index in [4.69, 9.17) is 5.14 Å². The number of nitrogens with two attached hydrogens (primary N) is 1. The van der Waals surface area contributed by atoms with Crippen LogP contribution in [0.25, 0.3) is 28.6 Å². The van der Waals surface area contributed by atoms with Crippen LogP contribution in [0.15, 0.2) is 64.4 Å². The monoisotopic (exact) mass is 453 g/mol. The Labute approximate surface area is 176 Å². The molecule has 0 saturated carbocycles. The van der Waals surface area contributed by atoms with Gasteiger partial charge in [0.05, 0.1) is 4.90 Å². The van der Waals surface area contributed by atoms with E-state index in [0.29, 0.717) is 11.1 Å². The van der Waals surface area contributed by atoms with Crippen molar-refractivity contribution in [3.05, 3.63) is 60.3 Å². The second kappa shape index (κ2) is 8.29. The first kappa shape index (κ1) is 22.1. The lowest BCUT2D eigenvalue weighted by Gasteiger charge is -2.12. The number of sulfonamides is 1. The molecule has 0 fully saturated rings. The SMILES string of the molecule is CC=Cn1nc(-c2ccc(S(N)(=O)=O)cc2)c(-c2ccc(SC)cc2)c1C(F)(F)F. The number of aromatic nitrogens is 2. The van der Waals surface area contributed by atoms with Crippen molar-refractivity contribution >= 4 is 28.0 Å². The van der Waals surface area contributed by atoms with Gasteiger partial charge in [-0.15, -0.1) is 11.8 Å². The van der Waals surface area contributed by atoms with Crippen LogP contribution in [-0.2, 0) is 16.2 Å². The Kier molecular flexibility index (Phi) is 6.11. The van der Waals surface area contributed by atoms with Gasteiger partial charge in [0.1, 0.15) is 5.69 Å². The number of allylic oxidation sites excluding steroid dienone is 1. The van der Waals surface area contributed by atoms with E-state index >= 15 is 0 Å². The molecule has 30 heavy (non-hydrogen) atoms. The molecule has 0 amide bonds. The van der Waals surface area contributed by atoms with Gasteiger partial charge in [0.15, 0.2) is 5.69 Å². The lowest BCUT2D eigenvalue weighted by Crippen LogP contribution is -2.12. The van der Waals surface area contributed by atoms with Gasteiger partial charge in [0.25, 0.3) is 0 Å². The second-order valence-electron chi connectivity index (χ2n) is 6.29. The summed E-state index contributed by atoms with van der Waals surface area (Å²) in [5, 5.41) is 9.28. The van der Waals surface area contributed by atoms with E-state index in [1.807, 2.05) is 6.26 Å². The lowest BCUT2D eigenvalue weighted by atomic mass is 9.98. The van der Waals surface area contributed by atoms with Gasteiger partial charge < -0.3 is 0 Å². The van der Waals surface area contributed by atoms with Crippen molar-refractivity contribution in [2.75, 3.05) is 6.26 Å². The van der Waals surface area contributed by atoms with E-state index in [2.05, 4.69) is 5.10 Å². The zero-order valence-electron chi connectivity index (χ0n) is 16.0. The zero-order valence-corrected chi connectivity index (χ0v) is 17.6. The standard InChI is InChI=1S/C20H18F3N3O2S2/c1-3-12-26-19(20(21,22)23)17(13-4-8-15(29-2)9-5-13)18(25-26)14-6-10-16(11-7-14)30(24,27)28/h3-12H,1-2H3,(H2,24,27,28). The highest BCUT2D eigenvalue weighted by Crippen LogP contribution is 2.43. The van der Waals surface area contributed by atoms with Crippen LogP contribution in [0, 0.1) is 0 Å². The number of rotatable bonds is 5. The van der Waals surface area contributed by atoms with Gasteiger partial charge in [-0.3, -0.25) is 0 Å². The Hall–Kier alpha value is -2.56. The summed E-state index contributed by atoms with van der Waals surface area (Å²) in [4.78, 5) is 0.772. The Morgan fingerprint density at radius 1 is 1.03 bits per heavy atom. The maximum atomic E-state index is 14.0. The largest absolute Gasteiger partial charge is 0.434 e. The molecule has 10 heteroatoms. The zero-order chi connectivity index (χ0) is 22.1. The molecule has 0 unspecified atom stereocenters. The Morgan fingerprint density at radius 3 is 2.07 bits per heavy atom. The highest BCUT2D eigenvalue weighted by molar-refractivity contribution is 7.98. The molecule has 1 heterocycles. The van der Waals surface area contributed by atoms with E-state index < -0.39 is 21.9 Å². The molecule has 3 rings (SSSR count). The summed E-state index contributed by atoms with van der Waals surface area (Å²) in [5.74, 6) is 0. The van der Waals surface area contributed by atoms with Crippen LogP contribution in [0.3, 0.4) is 0 Å². The van der Waals surface area contributed by atoms with Crippen LogP contribution < -0.4 is 5.14 Å². The van der Waals surface area contributed by atoms with Gasteiger partial charge in [0, 0.05) is 22.2 Å². The smallest absolute Gasteiger partial charge is 0.235 e. The Morgan fingerprint density at radius 2 is 1.60 bits per heavy atom. The van der Waals surface area contributed by atoms with Crippen molar-refractivity contribution in [1.29, 1.82) is 0 Å². The maximum Gasteiger partial charge on any atom is 0.434 e. The molecule has 0 aliphatic rings. The average Bonchev–Trinajstić information content (AvgIpc) is 3.07. The van der Waals surface area contributed by atoms with E-state index in [0.717, 1.165) is 9.58 Å². The van der Waals surface area contributed by atoms with Crippen molar-refractivity contribution in [3.8, 4) is 22.4 Å².